The molecule has 0 aromatic heterocycles. The van der Waals surface area contributed by atoms with Gasteiger partial charge in [-0.3, -0.25) is 0 Å². The van der Waals surface area contributed by atoms with Crippen molar-refractivity contribution in [2.45, 2.75) is 43.6 Å². The minimum atomic E-state index is -0.722. The zero-order valence-electron chi connectivity index (χ0n) is 7.65. The molecule has 2 fully saturated rings. The normalized spacial score (nSPS) is 40.6. The van der Waals surface area contributed by atoms with Crippen LogP contribution in [0.4, 0.5) is 0 Å². The van der Waals surface area contributed by atoms with Crippen LogP contribution in [0.25, 0.3) is 0 Å². The molecule has 2 rings (SSSR count). The maximum absolute atomic E-state index is 9.56. The van der Waals surface area contributed by atoms with Gasteiger partial charge in [-0.1, -0.05) is 0 Å². The summed E-state index contributed by atoms with van der Waals surface area (Å²) in [5.41, 5.74) is 0. The first-order valence-electron chi connectivity index (χ1n) is 4.98. The van der Waals surface area contributed by atoms with E-state index in [-0.39, 0.29) is 6.10 Å². The number of aliphatic hydroxyl groups is 2. The SMILES string of the molecule is OC1CCOC(CNC2CC2)[C@H]1O. The molecule has 0 aromatic carbocycles. The third-order valence-electron chi connectivity index (χ3n) is 2.71. The first-order chi connectivity index (χ1) is 6.27. The van der Waals surface area contributed by atoms with Gasteiger partial charge in [0, 0.05) is 19.2 Å². The second-order valence-electron chi connectivity index (χ2n) is 3.94. The Morgan fingerprint density at radius 2 is 2.00 bits per heavy atom. The highest BCUT2D eigenvalue weighted by Gasteiger charge is 2.32. The van der Waals surface area contributed by atoms with E-state index >= 15 is 0 Å². The lowest BCUT2D eigenvalue weighted by Gasteiger charge is -2.32. The van der Waals surface area contributed by atoms with Crippen LogP contribution in [0.5, 0.6) is 0 Å². The summed E-state index contributed by atoms with van der Waals surface area (Å²) < 4.78 is 5.37. The number of nitrogens with one attached hydrogen (secondary N) is 1. The van der Waals surface area contributed by atoms with Crippen LogP contribution in [0.15, 0.2) is 0 Å². The second kappa shape index (κ2) is 3.92. The van der Waals surface area contributed by atoms with Crippen molar-refractivity contribution in [1.82, 2.24) is 5.32 Å². The molecule has 0 aromatic rings. The van der Waals surface area contributed by atoms with Crippen molar-refractivity contribution < 1.29 is 14.9 Å². The maximum atomic E-state index is 9.56. The van der Waals surface area contributed by atoms with Gasteiger partial charge in [-0.25, -0.2) is 0 Å². The molecule has 3 atom stereocenters. The summed E-state index contributed by atoms with van der Waals surface area (Å²) in [4.78, 5) is 0. The standard InChI is InChI=1S/C9H17NO3/c11-7-3-4-13-8(9(7)12)5-10-6-1-2-6/h6-12H,1-5H2/t7?,8?,9-/m0/s1. The summed E-state index contributed by atoms with van der Waals surface area (Å²) in [5.74, 6) is 0. The van der Waals surface area contributed by atoms with Crippen LogP contribution in [0, 0.1) is 0 Å². The molecule has 4 nitrogen and oxygen atoms in total. The van der Waals surface area contributed by atoms with Crippen LogP contribution < -0.4 is 5.32 Å². The van der Waals surface area contributed by atoms with Crippen molar-refractivity contribution in [3.63, 3.8) is 0 Å². The van der Waals surface area contributed by atoms with Gasteiger partial charge in [-0.05, 0) is 19.3 Å². The summed E-state index contributed by atoms with van der Waals surface area (Å²) in [6.45, 7) is 1.21. The van der Waals surface area contributed by atoms with Gasteiger partial charge >= 0.3 is 0 Å². The molecule has 0 spiro atoms. The Kier molecular flexibility index (Phi) is 2.83. The summed E-state index contributed by atoms with van der Waals surface area (Å²) in [6, 6.07) is 0.620. The number of ether oxygens (including phenoxy) is 1. The summed E-state index contributed by atoms with van der Waals surface area (Å²) >= 11 is 0. The van der Waals surface area contributed by atoms with Crippen LogP contribution >= 0.6 is 0 Å². The van der Waals surface area contributed by atoms with Gasteiger partial charge < -0.3 is 20.3 Å². The minimum Gasteiger partial charge on any atom is -0.390 e. The molecule has 2 unspecified atom stereocenters. The molecule has 0 amide bonds. The van der Waals surface area contributed by atoms with E-state index in [1.807, 2.05) is 0 Å². The van der Waals surface area contributed by atoms with Gasteiger partial charge in [0.1, 0.15) is 6.10 Å². The van der Waals surface area contributed by atoms with Crippen molar-refractivity contribution in [2.24, 2.45) is 0 Å². The highest BCUT2D eigenvalue weighted by atomic mass is 16.5. The first kappa shape index (κ1) is 9.40. The predicted octanol–water partition coefficient (Wildman–Crippen LogP) is -0.751. The van der Waals surface area contributed by atoms with Crippen molar-refractivity contribution in [1.29, 1.82) is 0 Å². The summed E-state index contributed by atoms with van der Waals surface area (Å²) in [7, 11) is 0. The molecule has 0 radical (unpaired) electrons. The summed E-state index contributed by atoms with van der Waals surface area (Å²) in [5, 5.41) is 22.2. The Hall–Kier alpha value is -0.160. The highest BCUT2D eigenvalue weighted by Crippen LogP contribution is 2.20. The number of hydrogen-bond donors (Lipinski definition) is 3. The Bertz CT molecular complexity index is 172. The van der Waals surface area contributed by atoms with Crippen LogP contribution in [0.3, 0.4) is 0 Å². The van der Waals surface area contributed by atoms with Gasteiger partial charge in [0.25, 0.3) is 0 Å². The Labute approximate surface area is 77.9 Å². The van der Waals surface area contributed by atoms with Crippen molar-refractivity contribution in [3.05, 3.63) is 0 Å². The fourth-order valence-corrected chi connectivity index (χ4v) is 1.61. The second-order valence-corrected chi connectivity index (χ2v) is 3.94. The molecule has 1 saturated heterocycles. The molecule has 3 N–H and O–H groups in total. The molecule has 1 aliphatic carbocycles. The van der Waals surface area contributed by atoms with E-state index in [9.17, 15) is 10.2 Å². The number of hydrogen-bond acceptors (Lipinski definition) is 4. The molecule has 2 aliphatic rings. The van der Waals surface area contributed by atoms with E-state index in [0.717, 1.165) is 0 Å². The maximum Gasteiger partial charge on any atom is 0.107 e. The Balaban J connectivity index is 1.75. The van der Waals surface area contributed by atoms with Crippen molar-refractivity contribution >= 4 is 0 Å². The molecular weight excluding hydrogens is 170 g/mol. The van der Waals surface area contributed by atoms with E-state index in [1.54, 1.807) is 0 Å². The molecule has 76 valence electrons. The van der Waals surface area contributed by atoms with E-state index in [4.69, 9.17) is 4.74 Å². The summed E-state index contributed by atoms with van der Waals surface area (Å²) in [6.07, 6.45) is 1.43. The van der Waals surface area contributed by atoms with Crippen molar-refractivity contribution in [2.75, 3.05) is 13.2 Å². The quantitative estimate of drug-likeness (QED) is 0.544. The van der Waals surface area contributed by atoms with E-state index in [2.05, 4.69) is 5.32 Å². The third-order valence-corrected chi connectivity index (χ3v) is 2.71. The van der Waals surface area contributed by atoms with Crippen LogP contribution in [0.2, 0.25) is 0 Å². The molecule has 13 heavy (non-hydrogen) atoms. The van der Waals surface area contributed by atoms with Gasteiger partial charge in [-0.15, -0.1) is 0 Å². The molecule has 1 aliphatic heterocycles. The Morgan fingerprint density at radius 1 is 1.23 bits per heavy atom. The fraction of sp³-hybridized carbons (Fsp3) is 1.00. The van der Waals surface area contributed by atoms with Crippen LogP contribution in [0.1, 0.15) is 19.3 Å². The lowest BCUT2D eigenvalue weighted by atomic mass is 10.0. The third kappa shape index (κ3) is 2.40. The molecule has 0 bridgehead atoms. The van der Waals surface area contributed by atoms with E-state index < -0.39 is 12.2 Å². The van der Waals surface area contributed by atoms with Gasteiger partial charge in [0.2, 0.25) is 0 Å². The van der Waals surface area contributed by atoms with Gasteiger partial charge in [-0.2, -0.15) is 0 Å². The van der Waals surface area contributed by atoms with E-state index in [0.29, 0.717) is 25.6 Å². The molecule has 1 heterocycles. The van der Waals surface area contributed by atoms with Crippen LogP contribution in [-0.2, 0) is 4.74 Å². The van der Waals surface area contributed by atoms with Gasteiger partial charge in [0.05, 0.1) is 12.2 Å². The largest absolute Gasteiger partial charge is 0.390 e. The lowest BCUT2D eigenvalue weighted by molar-refractivity contribution is -0.132. The molecule has 4 heteroatoms. The average molecular weight is 187 g/mol. The van der Waals surface area contributed by atoms with Gasteiger partial charge in [0.15, 0.2) is 0 Å². The molecular formula is C9H17NO3. The van der Waals surface area contributed by atoms with Crippen LogP contribution in [-0.4, -0.2) is 47.7 Å². The lowest BCUT2D eigenvalue weighted by Crippen LogP contribution is -2.49. The smallest absolute Gasteiger partial charge is 0.107 e. The predicted molar refractivity (Wildman–Crippen MR) is 47.4 cm³/mol. The topological polar surface area (TPSA) is 61.7 Å². The zero-order valence-corrected chi connectivity index (χ0v) is 7.65. The highest BCUT2D eigenvalue weighted by molar-refractivity contribution is 4.87. The van der Waals surface area contributed by atoms with Crippen molar-refractivity contribution in [3.8, 4) is 0 Å². The zero-order chi connectivity index (χ0) is 9.26. The number of rotatable bonds is 3. The molecule has 1 saturated carbocycles. The fourth-order valence-electron chi connectivity index (χ4n) is 1.61. The Morgan fingerprint density at radius 3 is 2.69 bits per heavy atom. The first-order valence-corrected chi connectivity index (χ1v) is 4.98. The number of aliphatic hydroxyl groups excluding tert-OH is 2. The van der Waals surface area contributed by atoms with E-state index in [1.165, 1.54) is 12.8 Å². The average Bonchev–Trinajstić information content (AvgIpc) is 2.91. The monoisotopic (exact) mass is 187 g/mol. The minimum absolute atomic E-state index is 0.232.